The van der Waals surface area contributed by atoms with E-state index in [2.05, 4.69) is 10.6 Å². The molecule has 1 saturated heterocycles. The molecule has 1 amide bonds. The molecule has 0 saturated carbocycles. The number of sulfonamides is 1. The number of anilines is 1. The van der Waals surface area contributed by atoms with Gasteiger partial charge in [-0.05, 0) is 62.6 Å². The van der Waals surface area contributed by atoms with E-state index in [9.17, 15) is 13.2 Å². The predicted octanol–water partition coefficient (Wildman–Crippen LogP) is 3.59. The first-order valence-corrected chi connectivity index (χ1v) is 11.4. The first-order chi connectivity index (χ1) is 13.7. The van der Waals surface area contributed by atoms with Gasteiger partial charge < -0.3 is 5.32 Å². The molecule has 0 atom stereocenters. The third kappa shape index (κ3) is 5.36. The highest BCUT2D eigenvalue weighted by atomic mass is 35.5. The largest absolute Gasteiger partial charge is 0.325 e. The molecule has 156 valence electrons. The summed E-state index contributed by atoms with van der Waals surface area (Å²) in [5.74, 6) is -0.247. The van der Waals surface area contributed by atoms with E-state index in [-0.39, 0.29) is 17.3 Å². The monoisotopic (exact) mass is 435 g/mol. The van der Waals surface area contributed by atoms with Crippen molar-refractivity contribution in [2.24, 2.45) is 0 Å². The van der Waals surface area contributed by atoms with Gasteiger partial charge in [0.05, 0.1) is 11.4 Å². The molecule has 1 aliphatic heterocycles. The summed E-state index contributed by atoms with van der Waals surface area (Å²) in [6, 6.07) is 13.9. The highest BCUT2D eigenvalue weighted by Gasteiger charge is 2.27. The normalized spacial score (nSPS) is 15.4. The molecule has 8 heteroatoms. The Labute approximate surface area is 177 Å². The Kier molecular flexibility index (Phi) is 6.63. The summed E-state index contributed by atoms with van der Waals surface area (Å²) >= 11 is 5.94. The molecule has 0 bridgehead atoms. The fourth-order valence-electron chi connectivity index (χ4n) is 3.29. The van der Waals surface area contributed by atoms with Crippen molar-refractivity contribution in [3.05, 3.63) is 59.1 Å². The summed E-state index contributed by atoms with van der Waals surface area (Å²) in [7, 11) is -3.52. The zero-order valence-electron chi connectivity index (χ0n) is 16.6. The fourth-order valence-corrected chi connectivity index (χ4v) is 4.98. The average molecular weight is 436 g/mol. The van der Waals surface area contributed by atoms with Crippen LogP contribution >= 0.6 is 11.6 Å². The average Bonchev–Trinajstić information content (AvgIpc) is 3.23. The second kappa shape index (κ2) is 8.83. The molecule has 3 rings (SSSR count). The number of hydrogen-bond donors (Lipinski definition) is 2. The van der Waals surface area contributed by atoms with Crippen LogP contribution < -0.4 is 10.6 Å². The van der Waals surface area contributed by atoms with E-state index in [1.54, 1.807) is 18.2 Å². The van der Waals surface area contributed by atoms with Crippen molar-refractivity contribution in [2.45, 2.75) is 37.1 Å². The molecular weight excluding hydrogens is 410 g/mol. The molecular formula is C21H26ClN3O3S. The van der Waals surface area contributed by atoms with Gasteiger partial charge >= 0.3 is 0 Å². The molecule has 2 aromatic carbocycles. The first kappa shape index (κ1) is 21.8. The first-order valence-electron chi connectivity index (χ1n) is 9.60. The van der Waals surface area contributed by atoms with E-state index in [4.69, 9.17) is 11.6 Å². The van der Waals surface area contributed by atoms with Gasteiger partial charge in [0.25, 0.3) is 0 Å². The number of benzene rings is 2. The molecule has 0 radical (unpaired) electrons. The maximum absolute atomic E-state index is 12.7. The lowest BCUT2D eigenvalue weighted by Crippen LogP contribution is -2.41. The number of nitrogens with one attached hydrogen (secondary N) is 2. The van der Waals surface area contributed by atoms with Crippen molar-refractivity contribution in [1.82, 2.24) is 9.62 Å². The summed E-state index contributed by atoms with van der Waals surface area (Å²) < 4.78 is 26.9. The summed E-state index contributed by atoms with van der Waals surface area (Å²) in [4.78, 5) is 12.6. The maximum atomic E-state index is 12.7. The lowest BCUT2D eigenvalue weighted by molar-refractivity contribution is -0.115. The minimum Gasteiger partial charge on any atom is -0.325 e. The number of rotatable bonds is 7. The van der Waals surface area contributed by atoms with Crippen LogP contribution in [-0.2, 0) is 20.4 Å². The topological polar surface area (TPSA) is 78.5 Å². The second-order valence-electron chi connectivity index (χ2n) is 7.67. The number of amides is 1. The lowest BCUT2D eigenvalue weighted by Gasteiger charge is -2.27. The predicted molar refractivity (Wildman–Crippen MR) is 116 cm³/mol. The van der Waals surface area contributed by atoms with Crippen LogP contribution in [-0.4, -0.2) is 38.3 Å². The molecule has 1 heterocycles. The third-order valence-corrected chi connectivity index (χ3v) is 7.22. The molecule has 0 aromatic heterocycles. The van der Waals surface area contributed by atoms with Gasteiger partial charge in [-0.15, -0.1) is 0 Å². The van der Waals surface area contributed by atoms with Gasteiger partial charge in [-0.2, -0.15) is 4.31 Å². The number of carbonyl (C=O) groups excluding carboxylic acids is 1. The third-order valence-electron chi connectivity index (χ3n) is 5.08. The summed E-state index contributed by atoms with van der Waals surface area (Å²) in [6.45, 7) is 5.13. The Hall–Kier alpha value is -1.93. The number of halogens is 1. The molecule has 0 aliphatic carbocycles. The SMILES string of the molecule is CC(C)(NCC(=O)Nc1cccc(S(=O)(=O)N2CCCC2)c1)c1ccc(Cl)cc1. The fraction of sp³-hybridized carbons (Fsp3) is 0.381. The highest BCUT2D eigenvalue weighted by molar-refractivity contribution is 7.89. The van der Waals surface area contributed by atoms with Crippen molar-refractivity contribution in [2.75, 3.05) is 25.0 Å². The van der Waals surface area contributed by atoms with E-state index < -0.39 is 15.6 Å². The Morgan fingerprint density at radius 2 is 1.76 bits per heavy atom. The minimum atomic E-state index is -3.52. The van der Waals surface area contributed by atoms with E-state index in [1.165, 1.54) is 10.4 Å². The van der Waals surface area contributed by atoms with Gasteiger partial charge in [0.2, 0.25) is 15.9 Å². The van der Waals surface area contributed by atoms with E-state index >= 15 is 0 Å². The number of nitrogens with zero attached hydrogens (tertiary/aromatic N) is 1. The Morgan fingerprint density at radius 1 is 1.10 bits per heavy atom. The van der Waals surface area contributed by atoms with Crippen molar-refractivity contribution in [3.63, 3.8) is 0 Å². The van der Waals surface area contributed by atoms with Gasteiger partial charge in [0.1, 0.15) is 0 Å². The van der Waals surface area contributed by atoms with Crippen LogP contribution in [0.2, 0.25) is 5.02 Å². The zero-order chi connectivity index (χ0) is 21.1. The van der Waals surface area contributed by atoms with Crippen molar-refractivity contribution < 1.29 is 13.2 Å². The van der Waals surface area contributed by atoms with Crippen LogP contribution in [0.15, 0.2) is 53.4 Å². The van der Waals surface area contributed by atoms with E-state index in [0.717, 1.165) is 18.4 Å². The standard InChI is InChI=1S/C21H26ClN3O3S/c1-21(2,16-8-10-17(22)11-9-16)23-15-20(26)24-18-6-5-7-19(14-18)29(27,28)25-12-3-4-13-25/h5-11,14,23H,3-4,12-13,15H2,1-2H3,(H,24,26). The Morgan fingerprint density at radius 3 is 2.41 bits per heavy atom. The Bertz CT molecular complexity index is 969. The zero-order valence-corrected chi connectivity index (χ0v) is 18.2. The number of carbonyl (C=O) groups is 1. The van der Waals surface area contributed by atoms with Crippen molar-refractivity contribution in [3.8, 4) is 0 Å². The van der Waals surface area contributed by atoms with Crippen LogP contribution in [0.3, 0.4) is 0 Å². The Balaban J connectivity index is 1.63. The van der Waals surface area contributed by atoms with Gasteiger partial charge in [-0.3, -0.25) is 10.1 Å². The van der Waals surface area contributed by atoms with Gasteiger partial charge in [-0.25, -0.2) is 8.42 Å². The molecule has 2 N–H and O–H groups in total. The summed E-state index contributed by atoms with van der Waals surface area (Å²) in [5, 5.41) is 6.65. The molecule has 1 fully saturated rings. The maximum Gasteiger partial charge on any atom is 0.243 e. The molecule has 2 aromatic rings. The smallest absolute Gasteiger partial charge is 0.243 e. The summed E-state index contributed by atoms with van der Waals surface area (Å²) in [5.41, 5.74) is 1.04. The van der Waals surface area contributed by atoms with Crippen molar-refractivity contribution in [1.29, 1.82) is 0 Å². The molecule has 0 unspecified atom stereocenters. The summed E-state index contributed by atoms with van der Waals surface area (Å²) in [6.07, 6.45) is 1.76. The minimum absolute atomic E-state index is 0.0821. The van der Waals surface area contributed by atoms with E-state index in [1.807, 2.05) is 38.1 Å². The second-order valence-corrected chi connectivity index (χ2v) is 10.0. The molecule has 6 nitrogen and oxygen atoms in total. The van der Waals surface area contributed by atoms with Crippen LogP contribution in [0.5, 0.6) is 0 Å². The van der Waals surface area contributed by atoms with Crippen LogP contribution in [0.25, 0.3) is 0 Å². The van der Waals surface area contributed by atoms with Crippen LogP contribution in [0, 0.1) is 0 Å². The molecule has 0 spiro atoms. The van der Waals surface area contributed by atoms with Crippen molar-refractivity contribution >= 4 is 33.2 Å². The quantitative estimate of drug-likeness (QED) is 0.696. The highest BCUT2D eigenvalue weighted by Crippen LogP contribution is 2.24. The van der Waals surface area contributed by atoms with Crippen LogP contribution in [0.1, 0.15) is 32.3 Å². The number of hydrogen-bond acceptors (Lipinski definition) is 4. The van der Waals surface area contributed by atoms with Gasteiger partial charge in [0.15, 0.2) is 0 Å². The van der Waals surface area contributed by atoms with Crippen LogP contribution in [0.4, 0.5) is 5.69 Å². The van der Waals surface area contributed by atoms with Gasteiger partial charge in [-0.1, -0.05) is 29.8 Å². The molecule has 1 aliphatic rings. The van der Waals surface area contributed by atoms with Gasteiger partial charge in [0, 0.05) is 29.3 Å². The van der Waals surface area contributed by atoms with E-state index in [0.29, 0.717) is 23.8 Å². The lowest BCUT2D eigenvalue weighted by atomic mass is 9.94. The molecule has 29 heavy (non-hydrogen) atoms.